The molecule has 2 aromatic heterocycles. The zero-order valence-corrected chi connectivity index (χ0v) is 14.0. The van der Waals surface area contributed by atoms with E-state index in [1.54, 1.807) is 42.2 Å². The van der Waals surface area contributed by atoms with Gasteiger partial charge in [-0.3, -0.25) is 10.2 Å². The number of rotatable bonds is 4. The standard InChI is InChI=1S/C19H16N4O3/c1-2-26-19(25)16-10-13-9-12(7-8-14(13)21-16)18(24)22-23-11-20-15-5-3-4-6-17(15)23/h3-11,21H,2H2,1H3,(H,22,24). The highest BCUT2D eigenvalue weighted by Gasteiger charge is 2.13. The second kappa shape index (κ2) is 6.36. The Hall–Kier alpha value is -3.61. The highest BCUT2D eigenvalue weighted by Crippen LogP contribution is 2.18. The summed E-state index contributed by atoms with van der Waals surface area (Å²) in [6.07, 6.45) is 1.57. The molecule has 1 amide bonds. The number of aromatic nitrogens is 3. The molecule has 4 rings (SSSR count). The van der Waals surface area contributed by atoms with Gasteiger partial charge in [0.05, 0.1) is 17.6 Å². The molecule has 0 spiro atoms. The van der Waals surface area contributed by atoms with Crippen LogP contribution >= 0.6 is 0 Å². The van der Waals surface area contributed by atoms with Crippen LogP contribution < -0.4 is 5.43 Å². The van der Waals surface area contributed by atoms with Crippen molar-refractivity contribution in [2.24, 2.45) is 0 Å². The fraction of sp³-hybridized carbons (Fsp3) is 0.105. The molecule has 2 heterocycles. The Morgan fingerprint density at radius 3 is 2.88 bits per heavy atom. The van der Waals surface area contributed by atoms with Crippen LogP contribution in [0.3, 0.4) is 0 Å². The van der Waals surface area contributed by atoms with Crippen molar-refractivity contribution in [2.75, 3.05) is 12.0 Å². The molecule has 130 valence electrons. The monoisotopic (exact) mass is 348 g/mol. The first kappa shape index (κ1) is 15.9. The van der Waals surface area contributed by atoms with E-state index in [0.29, 0.717) is 17.9 Å². The lowest BCUT2D eigenvalue weighted by Gasteiger charge is -2.07. The Morgan fingerprint density at radius 2 is 2.04 bits per heavy atom. The van der Waals surface area contributed by atoms with Gasteiger partial charge < -0.3 is 9.72 Å². The maximum Gasteiger partial charge on any atom is 0.354 e. The van der Waals surface area contributed by atoms with Crippen LogP contribution in [0, 0.1) is 0 Å². The molecule has 0 radical (unpaired) electrons. The number of amides is 1. The molecule has 0 saturated carbocycles. The molecule has 7 heteroatoms. The number of fused-ring (bicyclic) bond motifs is 2. The lowest BCUT2D eigenvalue weighted by molar-refractivity contribution is 0.0520. The van der Waals surface area contributed by atoms with Gasteiger partial charge in [0.2, 0.25) is 0 Å². The number of hydrogen-bond donors (Lipinski definition) is 2. The topological polar surface area (TPSA) is 89.0 Å². The van der Waals surface area contributed by atoms with Crippen molar-refractivity contribution in [3.8, 4) is 0 Å². The van der Waals surface area contributed by atoms with Gasteiger partial charge in [-0.2, -0.15) is 0 Å². The molecule has 0 atom stereocenters. The van der Waals surface area contributed by atoms with E-state index >= 15 is 0 Å². The summed E-state index contributed by atoms with van der Waals surface area (Å²) >= 11 is 0. The summed E-state index contributed by atoms with van der Waals surface area (Å²) in [7, 11) is 0. The summed E-state index contributed by atoms with van der Waals surface area (Å²) in [6.45, 7) is 2.06. The zero-order chi connectivity index (χ0) is 18.1. The molecule has 2 N–H and O–H groups in total. The van der Waals surface area contributed by atoms with Gasteiger partial charge in [0.1, 0.15) is 12.0 Å². The van der Waals surface area contributed by atoms with Crippen LogP contribution in [0.15, 0.2) is 54.9 Å². The number of para-hydroxylation sites is 2. The Labute approximate surface area is 148 Å². The van der Waals surface area contributed by atoms with E-state index in [1.165, 1.54) is 0 Å². The minimum atomic E-state index is -0.417. The van der Waals surface area contributed by atoms with Crippen molar-refractivity contribution in [1.29, 1.82) is 0 Å². The van der Waals surface area contributed by atoms with Crippen LogP contribution in [0.4, 0.5) is 0 Å². The fourth-order valence-corrected chi connectivity index (χ4v) is 2.81. The first-order valence-electron chi connectivity index (χ1n) is 8.19. The molecule has 0 saturated heterocycles. The van der Waals surface area contributed by atoms with Crippen molar-refractivity contribution >= 4 is 33.8 Å². The third kappa shape index (κ3) is 2.79. The molecule has 0 fully saturated rings. The molecule has 4 aromatic rings. The second-order valence-corrected chi connectivity index (χ2v) is 5.75. The number of aromatic amines is 1. The molecular formula is C19H16N4O3. The van der Waals surface area contributed by atoms with Crippen molar-refractivity contribution in [3.05, 3.63) is 66.1 Å². The Morgan fingerprint density at radius 1 is 1.19 bits per heavy atom. The number of nitrogens with one attached hydrogen (secondary N) is 2. The summed E-state index contributed by atoms with van der Waals surface area (Å²) < 4.78 is 6.57. The van der Waals surface area contributed by atoms with Crippen LogP contribution in [-0.2, 0) is 4.74 Å². The predicted molar refractivity (Wildman–Crippen MR) is 97.7 cm³/mol. The fourth-order valence-electron chi connectivity index (χ4n) is 2.81. The molecule has 0 aliphatic carbocycles. The van der Waals surface area contributed by atoms with Crippen molar-refractivity contribution < 1.29 is 14.3 Å². The van der Waals surface area contributed by atoms with Gasteiger partial charge in [-0.15, -0.1) is 0 Å². The van der Waals surface area contributed by atoms with Crippen LogP contribution in [0.25, 0.3) is 21.9 Å². The maximum atomic E-state index is 12.6. The summed E-state index contributed by atoms with van der Waals surface area (Å²) in [5.41, 5.74) is 6.02. The maximum absolute atomic E-state index is 12.6. The molecule has 0 unspecified atom stereocenters. The van der Waals surface area contributed by atoms with Crippen molar-refractivity contribution in [2.45, 2.75) is 6.92 Å². The average Bonchev–Trinajstić information content (AvgIpc) is 3.25. The molecule has 7 nitrogen and oxygen atoms in total. The zero-order valence-electron chi connectivity index (χ0n) is 14.0. The number of H-pyrrole nitrogens is 1. The van der Waals surface area contributed by atoms with E-state index < -0.39 is 5.97 Å². The van der Waals surface area contributed by atoms with Crippen molar-refractivity contribution in [3.63, 3.8) is 0 Å². The van der Waals surface area contributed by atoms with Gasteiger partial charge in [-0.05, 0) is 43.3 Å². The van der Waals surface area contributed by atoms with Gasteiger partial charge in [0.15, 0.2) is 0 Å². The van der Waals surface area contributed by atoms with Gasteiger partial charge in [0, 0.05) is 16.5 Å². The molecule has 0 aliphatic rings. The first-order chi connectivity index (χ1) is 12.7. The first-order valence-corrected chi connectivity index (χ1v) is 8.19. The van der Waals surface area contributed by atoms with E-state index in [9.17, 15) is 9.59 Å². The number of imidazole rings is 1. The third-order valence-electron chi connectivity index (χ3n) is 4.05. The number of hydrogen-bond acceptors (Lipinski definition) is 4. The largest absolute Gasteiger partial charge is 0.461 e. The Kier molecular flexibility index (Phi) is 3.89. The van der Waals surface area contributed by atoms with Gasteiger partial charge in [0.25, 0.3) is 5.91 Å². The molecule has 0 bridgehead atoms. The van der Waals surface area contributed by atoms with E-state index in [0.717, 1.165) is 21.9 Å². The lowest BCUT2D eigenvalue weighted by Crippen LogP contribution is -2.21. The summed E-state index contributed by atoms with van der Waals surface area (Å²) in [5.74, 6) is -0.687. The number of benzene rings is 2. The van der Waals surface area contributed by atoms with Crippen LogP contribution in [0.1, 0.15) is 27.8 Å². The van der Waals surface area contributed by atoms with E-state index in [4.69, 9.17) is 4.74 Å². The lowest BCUT2D eigenvalue weighted by atomic mass is 10.1. The van der Waals surface area contributed by atoms with Gasteiger partial charge >= 0.3 is 5.97 Å². The quantitative estimate of drug-likeness (QED) is 0.555. The highest BCUT2D eigenvalue weighted by atomic mass is 16.5. The van der Waals surface area contributed by atoms with E-state index in [1.807, 2.05) is 24.3 Å². The van der Waals surface area contributed by atoms with Crippen molar-refractivity contribution in [1.82, 2.24) is 14.6 Å². The van der Waals surface area contributed by atoms with Crippen LogP contribution in [-0.4, -0.2) is 33.1 Å². The molecular weight excluding hydrogens is 332 g/mol. The molecule has 2 aromatic carbocycles. The van der Waals surface area contributed by atoms with Gasteiger partial charge in [-0.1, -0.05) is 12.1 Å². The molecule has 26 heavy (non-hydrogen) atoms. The highest BCUT2D eigenvalue weighted by molar-refractivity contribution is 6.04. The number of carbonyl (C=O) groups is 2. The minimum Gasteiger partial charge on any atom is -0.461 e. The second-order valence-electron chi connectivity index (χ2n) is 5.75. The number of carbonyl (C=O) groups excluding carboxylic acids is 2. The number of ether oxygens (including phenoxy) is 1. The van der Waals surface area contributed by atoms with Gasteiger partial charge in [-0.25, -0.2) is 14.5 Å². The molecule has 0 aliphatic heterocycles. The summed E-state index contributed by atoms with van der Waals surface area (Å²) in [4.78, 5) is 31.6. The third-order valence-corrected chi connectivity index (χ3v) is 4.05. The SMILES string of the molecule is CCOC(=O)c1cc2cc(C(=O)Nn3cnc4ccccc43)ccc2[nH]1. The smallest absolute Gasteiger partial charge is 0.354 e. The number of nitrogens with zero attached hydrogens (tertiary/aromatic N) is 2. The van der Waals surface area contributed by atoms with E-state index in [2.05, 4.69) is 15.4 Å². The summed E-state index contributed by atoms with van der Waals surface area (Å²) in [5, 5.41) is 0.760. The van der Waals surface area contributed by atoms with E-state index in [-0.39, 0.29) is 5.91 Å². The normalized spacial score (nSPS) is 11.0. The Balaban J connectivity index is 1.61. The Bertz CT molecular complexity index is 1130. The summed E-state index contributed by atoms with van der Waals surface area (Å²) in [6, 6.07) is 14.4. The van der Waals surface area contributed by atoms with Crippen LogP contribution in [0.5, 0.6) is 0 Å². The predicted octanol–water partition coefficient (Wildman–Crippen LogP) is 3.08. The minimum absolute atomic E-state index is 0.270. The average molecular weight is 348 g/mol. The van der Waals surface area contributed by atoms with Crippen LogP contribution in [0.2, 0.25) is 0 Å². The number of esters is 1.